The van der Waals surface area contributed by atoms with E-state index in [0.717, 1.165) is 15.6 Å². The Morgan fingerprint density at radius 2 is 0.886 bits per heavy atom. The Bertz CT molecular complexity index is 1330. The van der Waals surface area contributed by atoms with Crippen molar-refractivity contribution in [2.45, 2.75) is 26.2 Å². The number of hydrogen-bond donors (Lipinski definition) is 0. The lowest BCUT2D eigenvalue weighted by Gasteiger charge is -2.35. The SMILES string of the molecule is CC(C)(C)c1cccc([Si](c2ccc(C#N)cc2)(c2ccc(C#N)cc2)c2ccc(C#N)cc2)c1. The number of benzene rings is 4. The first-order valence-electron chi connectivity index (χ1n) is 11.5. The standard InChI is InChI=1S/C31H25N3Si/c1-31(2,3)26-5-4-6-30(19-26)35(27-13-7-23(20-32)8-14-27,28-15-9-24(21-33)10-16-28)29-17-11-25(22-34)12-18-29/h4-19H,1-3H3. The average Bonchev–Trinajstić information content (AvgIpc) is 2.90. The van der Waals surface area contributed by atoms with Crippen molar-refractivity contribution in [3.63, 3.8) is 0 Å². The second-order valence-corrected chi connectivity index (χ2v) is 13.5. The van der Waals surface area contributed by atoms with Crippen LogP contribution >= 0.6 is 0 Å². The highest BCUT2D eigenvalue weighted by molar-refractivity contribution is 7.19. The van der Waals surface area contributed by atoms with Gasteiger partial charge in [-0.15, -0.1) is 0 Å². The van der Waals surface area contributed by atoms with Crippen molar-refractivity contribution >= 4 is 28.8 Å². The third kappa shape index (κ3) is 4.39. The fourth-order valence-electron chi connectivity index (χ4n) is 4.60. The minimum Gasteiger partial charge on any atom is -0.192 e. The summed E-state index contributed by atoms with van der Waals surface area (Å²) in [6, 6.07) is 39.1. The molecule has 0 aliphatic heterocycles. The van der Waals surface area contributed by atoms with Gasteiger partial charge in [0, 0.05) is 0 Å². The largest absolute Gasteiger partial charge is 0.192 e. The van der Waals surface area contributed by atoms with Gasteiger partial charge in [0.25, 0.3) is 0 Å². The number of rotatable bonds is 4. The van der Waals surface area contributed by atoms with E-state index in [1.54, 1.807) is 0 Å². The van der Waals surface area contributed by atoms with Crippen molar-refractivity contribution < 1.29 is 0 Å². The van der Waals surface area contributed by atoms with Crippen molar-refractivity contribution in [2.24, 2.45) is 0 Å². The highest BCUT2D eigenvalue weighted by Crippen LogP contribution is 2.22. The first-order valence-corrected chi connectivity index (χ1v) is 13.5. The molecule has 0 aromatic heterocycles. The van der Waals surface area contributed by atoms with Crippen molar-refractivity contribution in [3.8, 4) is 18.2 Å². The van der Waals surface area contributed by atoms with Crippen LogP contribution in [-0.4, -0.2) is 8.07 Å². The van der Waals surface area contributed by atoms with Crippen molar-refractivity contribution in [3.05, 3.63) is 119 Å². The Morgan fingerprint density at radius 3 is 1.20 bits per heavy atom. The zero-order valence-corrected chi connectivity index (χ0v) is 21.1. The summed E-state index contributed by atoms with van der Waals surface area (Å²) in [6.07, 6.45) is 0. The first kappa shape index (κ1) is 23.7. The van der Waals surface area contributed by atoms with Crippen LogP contribution in [0.4, 0.5) is 0 Å². The van der Waals surface area contributed by atoms with Gasteiger partial charge in [0.05, 0.1) is 34.9 Å². The van der Waals surface area contributed by atoms with E-state index < -0.39 is 8.07 Å². The van der Waals surface area contributed by atoms with Crippen molar-refractivity contribution in [1.82, 2.24) is 0 Å². The normalized spacial score (nSPS) is 11.2. The summed E-state index contributed by atoms with van der Waals surface area (Å²) in [7, 11) is -2.85. The van der Waals surface area contributed by atoms with Crippen LogP contribution in [0.5, 0.6) is 0 Å². The van der Waals surface area contributed by atoms with E-state index in [-0.39, 0.29) is 5.41 Å². The van der Waals surface area contributed by atoms with E-state index in [9.17, 15) is 15.8 Å². The van der Waals surface area contributed by atoms with Crippen LogP contribution in [0.3, 0.4) is 0 Å². The lowest BCUT2D eigenvalue weighted by atomic mass is 9.87. The summed E-state index contributed by atoms with van der Waals surface area (Å²) < 4.78 is 0. The maximum Gasteiger partial charge on any atom is 0.179 e. The number of hydrogen-bond acceptors (Lipinski definition) is 3. The fourth-order valence-corrected chi connectivity index (χ4v) is 9.32. The minimum absolute atomic E-state index is 0.0316. The summed E-state index contributed by atoms with van der Waals surface area (Å²) in [4.78, 5) is 0. The van der Waals surface area contributed by atoms with E-state index in [1.165, 1.54) is 10.8 Å². The van der Waals surface area contributed by atoms with Crippen molar-refractivity contribution in [1.29, 1.82) is 15.8 Å². The molecule has 0 amide bonds. The average molecular weight is 468 g/mol. The maximum absolute atomic E-state index is 9.42. The van der Waals surface area contributed by atoms with Crippen LogP contribution in [0.1, 0.15) is 43.0 Å². The molecule has 3 nitrogen and oxygen atoms in total. The highest BCUT2D eigenvalue weighted by Gasteiger charge is 2.42. The maximum atomic E-state index is 9.42. The lowest BCUT2D eigenvalue weighted by Crippen LogP contribution is -2.74. The van der Waals surface area contributed by atoms with E-state index in [4.69, 9.17) is 0 Å². The van der Waals surface area contributed by atoms with Crippen LogP contribution in [0, 0.1) is 34.0 Å². The zero-order valence-electron chi connectivity index (χ0n) is 20.1. The second kappa shape index (κ2) is 9.44. The summed E-state index contributed by atoms with van der Waals surface area (Å²) in [5, 5.41) is 32.9. The summed E-state index contributed by atoms with van der Waals surface area (Å²) >= 11 is 0. The van der Waals surface area contributed by atoms with Gasteiger partial charge in [0.1, 0.15) is 0 Å². The van der Waals surface area contributed by atoms with Gasteiger partial charge in [0.15, 0.2) is 8.07 Å². The Balaban J connectivity index is 2.14. The third-order valence-corrected chi connectivity index (χ3v) is 11.3. The van der Waals surface area contributed by atoms with E-state index in [2.05, 4.69) is 99.6 Å². The van der Waals surface area contributed by atoms with Gasteiger partial charge in [-0.25, -0.2) is 0 Å². The Labute approximate surface area is 208 Å². The molecule has 0 aliphatic rings. The molecular weight excluding hydrogens is 442 g/mol. The van der Waals surface area contributed by atoms with Crippen molar-refractivity contribution in [2.75, 3.05) is 0 Å². The van der Waals surface area contributed by atoms with Gasteiger partial charge < -0.3 is 0 Å². The number of nitrogens with zero attached hydrogens (tertiary/aromatic N) is 3. The molecule has 0 spiro atoms. The molecule has 0 radical (unpaired) electrons. The Hall–Kier alpha value is -4.43. The molecule has 4 aromatic carbocycles. The highest BCUT2D eigenvalue weighted by atomic mass is 28.3. The molecule has 0 unspecified atom stereocenters. The topological polar surface area (TPSA) is 71.4 Å². The molecule has 0 fully saturated rings. The molecule has 0 saturated heterocycles. The molecule has 168 valence electrons. The van der Waals surface area contributed by atoms with Crippen LogP contribution < -0.4 is 20.7 Å². The Kier molecular flexibility index (Phi) is 6.39. The van der Waals surface area contributed by atoms with E-state index in [0.29, 0.717) is 16.7 Å². The number of nitriles is 3. The molecule has 0 bridgehead atoms. The van der Waals surface area contributed by atoms with Gasteiger partial charge in [-0.1, -0.05) is 81.4 Å². The molecule has 4 rings (SSSR count). The minimum atomic E-state index is -2.85. The van der Waals surface area contributed by atoms with Gasteiger partial charge in [0.2, 0.25) is 0 Å². The third-order valence-electron chi connectivity index (χ3n) is 6.50. The fraction of sp³-hybridized carbons (Fsp3) is 0.129. The van der Waals surface area contributed by atoms with Gasteiger partial charge in [-0.05, 0) is 68.1 Å². The smallest absolute Gasteiger partial charge is 0.179 e. The molecule has 0 heterocycles. The summed E-state index contributed by atoms with van der Waals surface area (Å²) in [6.45, 7) is 6.63. The van der Waals surface area contributed by atoms with Crippen LogP contribution in [0.25, 0.3) is 0 Å². The molecule has 0 atom stereocenters. The molecule has 4 heteroatoms. The van der Waals surface area contributed by atoms with Gasteiger partial charge >= 0.3 is 0 Å². The predicted octanol–water partition coefficient (Wildman–Crippen LogP) is 3.98. The first-order chi connectivity index (χ1) is 16.8. The molecular formula is C31H25N3Si. The molecule has 0 saturated carbocycles. The molecule has 0 N–H and O–H groups in total. The molecule has 4 aromatic rings. The monoisotopic (exact) mass is 467 g/mol. The predicted molar refractivity (Wildman–Crippen MR) is 143 cm³/mol. The summed E-state index contributed by atoms with van der Waals surface area (Å²) in [5.74, 6) is 0. The van der Waals surface area contributed by atoms with Crippen LogP contribution in [0.15, 0.2) is 97.1 Å². The van der Waals surface area contributed by atoms with E-state index >= 15 is 0 Å². The molecule has 0 aliphatic carbocycles. The van der Waals surface area contributed by atoms with Crippen LogP contribution in [-0.2, 0) is 5.41 Å². The quantitative estimate of drug-likeness (QED) is 0.337. The van der Waals surface area contributed by atoms with Gasteiger partial charge in [-0.3, -0.25) is 0 Å². The summed E-state index contributed by atoms with van der Waals surface area (Å²) in [5.41, 5.74) is 3.04. The van der Waals surface area contributed by atoms with Gasteiger partial charge in [-0.2, -0.15) is 15.8 Å². The van der Waals surface area contributed by atoms with E-state index in [1.807, 2.05) is 36.4 Å². The molecule has 35 heavy (non-hydrogen) atoms. The Morgan fingerprint density at radius 1 is 0.514 bits per heavy atom. The van der Waals surface area contributed by atoms with Crippen LogP contribution in [0.2, 0.25) is 0 Å². The lowest BCUT2D eigenvalue weighted by molar-refractivity contribution is 0.591. The second-order valence-electron chi connectivity index (χ2n) is 9.65. The zero-order chi connectivity index (χ0) is 25.1.